The van der Waals surface area contributed by atoms with E-state index in [0.717, 1.165) is 17.0 Å². The van der Waals surface area contributed by atoms with Crippen molar-refractivity contribution in [1.29, 1.82) is 0 Å². The molecule has 0 bridgehead atoms. The van der Waals surface area contributed by atoms with E-state index in [2.05, 4.69) is 21.0 Å². The van der Waals surface area contributed by atoms with Gasteiger partial charge in [0, 0.05) is 23.6 Å². The van der Waals surface area contributed by atoms with Crippen molar-refractivity contribution in [2.24, 2.45) is 7.05 Å². The number of aromatic nitrogens is 2. The SMILES string of the molecule is Cc1nn(C)c(C)c1C(=O)Cc1ccc(F)cc1Br. The van der Waals surface area contributed by atoms with Crippen LogP contribution < -0.4 is 0 Å². The molecule has 1 aromatic carbocycles. The fourth-order valence-corrected chi connectivity index (χ4v) is 2.59. The van der Waals surface area contributed by atoms with Crippen LogP contribution in [0.2, 0.25) is 0 Å². The van der Waals surface area contributed by atoms with Gasteiger partial charge in [0.05, 0.1) is 11.3 Å². The maximum Gasteiger partial charge on any atom is 0.170 e. The number of carbonyl (C=O) groups excluding carboxylic acids is 1. The molecule has 2 rings (SSSR count). The molecule has 0 spiro atoms. The van der Waals surface area contributed by atoms with Gasteiger partial charge < -0.3 is 0 Å². The quantitative estimate of drug-likeness (QED) is 0.811. The van der Waals surface area contributed by atoms with Crippen molar-refractivity contribution in [3.63, 3.8) is 0 Å². The van der Waals surface area contributed by atoms with Crippen LogP contribution in [-0.4, -0.2) is 15.6 Å². The van der Waals surface area contributed by atoms with Crippen LogP contribution in [0.25, 0.3) is 0 Å². The number of aryl methyl sites for hydroxylation is 2. The average molecular weight is 325 g/mol. The van der Waals surface area contributed by atoms with E-state index in [0.29, 0.717) is 10.0 Å². The molecule has 0 aliphatic carbocycles. The molecule has 0 aliphatic heterocycles. The fraction of sp³-hybridized carbons (Fsp3) is 0.286. The Kier molecular flexibility index (Phi) is 3.85. The van der Waals surface area contributed by atoms with Gasteiger partial charge in [-0.15, -0.1) is 0 Å². The van der Waals surface area contributed by atoms with Gasteiger partial charge in [-0.05, 0) is 31.5 Å². The minimum Gasteiger partial charge on any atom is -0.294 e. The summed E-state index contributed by atoms with van der Waals surface area (Å²) in [7, 11) is 1.81. The average Bonchev–Trinajstić information content (AvgIpc) is 2.57. The third-order valence-corrected chi connectivity index (χ3v) is 3.89. The second kappa shape index (κ2) is 5.25. The van der Waals surface area contributed by atoms with E-state index in [-0.39, 0.29) is 18.0 Å². The molecule has 19 heavy (non-hydrogen) atoms. The lowest BCUT2D eigenvalue weighted by atomic mass is 10.0. The van der Waals surface area contributed by atoms with Gasteiger partial charge >= 0.3 is 0 Å². The zero-order valence-electron chi connectivity index (χ0n) is 11.0. The molecule has 0 saturated heterocycles. The Balaban J connectivity index is 2.31. The van der Waals surface area contributed by atoms with E-state index in [4.69, 9.17) is 0 Å². The first-order valence-electron chi connectivity index (χ1n) is 5.87. The minimum absolute atomic E-state index is 0.00425. The molecule has 100 valence electrons. The lowest BCUT2D eigenvalue weighted by molar-refractivity contribution is 0.0991. The first kappa shape index (κ1) is 13.9. The number of Topliss-reactive ketones (excluding diaryl/α,β-unsaturated/α-hetero) is 1. The fourth-order valence-electron chi connectivity index (χ4n) is 2.10. The summed E-state index contributed by atoms with van der Waals surface area (Å²) in [6, 6.07) is 4.35. The molecular formula is C14H14BrFN2O. The Bertz CT molecular complexity index is 649. The molecule has 0 amide bonds. The number of halogens is 2. The van der Waals surface area contributed by atoms with Gasteiger partial charge in [-0.2, -0.15) is 5.10 Å². The van der Waals surface area contributed by atoms with Crippen molar-refractivity contribution >= 4 is 21.7 Å². The number of rotatable bonds is 3. The monoisotopic (exact) mass is 324 g/mol. The first-order valence-corrected chi connectivity index (χ1v) is 6.66. The summed E-state index contributed by atoms with van der Waals surface area (Å²) in [6.07, 6.45) is 0.230. The first-order chi connectivity index (χ1) is 8.90. The molecule has 0 aliphatic rings. The van der Waals surface area contributed by atoms with Gasteiger partial charge in [0.2, 0.25) is 0 Å². The molecule has 0 fully saturated rings. The van der Waals surface area contributed by atoms with Gasteiger partial charge in [0.1, 0.15) is 5.82 Å². The van der Waals surface area contributed by atoms with Crippen LogP contribution >= 0.6 is 15.9 Å². The maximum atomic E-state index is 13.0. The molecule has 3 nitrogen and oxygen atoms in total. The van der Waals surface area contributed by atoms with Crippen molar-refractivity contribution in [2.45, 2.75) is 20.3 Å². The molecule has 1 heterocycles. The maximum absolute atomic E-state index is 13.0. The standard InChI is InChI=1S/C14H14BrFN2O/c1-8-14(9(2)18(3)17-8)13(19)6-10-4-5-11(16)7-12(10)15/h4-5,7H,6H2,1-3H3. The third-order valence-electron chi connectivity index (χ3n) is 3.15. The predicted molar refractivity (Wildman–Crippen MR) is 74.8 cm³/mol. The van der Waals surface area contributed by atoms with Crippen LogP contribution in [0.5, 0.6) is 0 Å². The summed E-state index contributed by atoms with van der Waals surface area (Å²) in [4.78, 5) is 12.3. The smallest absolute Gasteiger partial charge is 0.170 e. The van der Waals surface area contributed by atoms with E-state index < -0.39 is 0 Å². The Hall–Kier alpha value is -1.49. The zero-order valence-corrected chi connectivity index (χ0v) is 12.6. The van der Waals surface area contributed by atoms with Crippen LogP contribution in [0.4, 0.5) is 4.39 Å². The summed E-state index contributed by atoms with van der Waals surface area (Å²) in [6.45, 7) is 3.69. The lowest BCUT2D eigenvalue weighted by Gasteiger charge is -2.05. The summed E-state index contributed by atoms with van der Waals surface area (Å²) in [5, 5.41) is 4.23. The molecule has 0 atom stereocenters. The van der Waals surface area contributed by atoms with Crippen LogP contribution in [0, 0.1) is 19.7 Å². The topological polar surface area (TPSA) is 34.9 Å². The summed E-state index contributed by atoms with van der Waals surface area (Å²) < 4.78 is 15.3. The number of hydrogen-bond acceptors (Lipinski definition) is 2. The highest BCUT2D eigenvalue weighted by Crippen LogP contribution is 2.21. The number of hydrogen-bond donors (Lipinski definition) is 0. The van der Waals surface area contributed by atoms with Gasteiger partial charge in [0.15, 0.2) is 5.78 Å². The Morgan fingerprint density at radius 3 is 2.63 bits per heavy atom. The highest BCUT2D eigenvalue weighted by Gasteiger charge is 2.18. The van der Waals surface area contributed by atoms with E-state index in [9.17, 15) is 9.18 Å². The van der Waals surface area contributed by atoms with Crippen LogP contribution in [-0.2, 0) is 13.5 Å². The summed E-state index contributed by atoms with van der Waals surface area (Å²) in [5.41, 5.74) is 3.00. The van der Waals surface area contributed by atoms with Gasteiger partial charge in [0.25, 0.3) is 0 Å². The largest absolute Gasteiger partial charge is 0.294 e. The van der Waals surface area contributed by atoms with Crippen LogP contribution in [0.3, 0.4) is 0 Å². The Labute approximate surface area is 119 Å². The third kappa shape index (κ3) is 2.76. The molecule has 0 N–H and O–H groups in total. The molecule has 0 saturated carbocycles. The lowest BCUT2D eigenvalue weighted by Crippen LogP contribution is -2.07. The Morgan fingerprint density at radius 2 is 2.11 bits per heavy atom. The highest BCUT2D eigenvalue weighted by molar-refractivity contribution is 9.10. The zero-order chi connectivity index (χ0) is 14.2. The van der Waals surface area contributed by atoms with E-state index >= 15 is 0 Å². The summed E-state index contributed by atoms with van der Waals surface area (Å²) in [5.74, 6) is -0.327. The predicted octanol–water partition coefficient (Wildman–Crippen LogP) is 3.36. The van der Waals surface area contributed by atoms with Crippen LogP contribution in [0.15, 0.2) is 22.7 Å². The Morgan fingerprint density at radius 1 is 1.42 bits per heavy atom. The minimum atomic E-state index is -0.322. The normalized spacial score (nSPS) is 10.8. The molecule has 1 aromatic heterocycles. The van der Waals surface area contributed by atoms with Gasteiger partial charge in [-0.25, -0.2) is 4.39 Å². The van der Waals surface area contributed by atoms with Crippen molar-refractivity contribution in [1.82, 2.24) is 9.78 Å². The molecule has 0 radical (unpaired) electrons. The van der Waals surface area contributed by atoms with E-state index in [1.165, 1.54) is 12.1 Å². The van der Waals surface area contributed by atoms with E-state index in [1.54, 1.807) is 10.7 Å². The van der Waals surface area contributed by atoms with Crippen molar-refractivity contribution in [3.8, 4) is 0 Å². The number of nitrogens with zero attached hydrogens (tertiary/aromatic N) is 2. The van der Waals surface area contributed by atoms with Crippen molar-refractivity contribution in [3.05, 3.63) is 51.0 Å². The molecular weight excluding hydrogens is 311 g/mol. The number of ketones is 1. The molecule has 2 aromatic rings. The van der Waals surface area contributed by atoms with Crippen LogP contribution in [0.1, 0.15) is 27.3 Å². The molecule has 0 unspecified atom stereocenters. The number of carbonyl (C=O) groups is 1. The molecule has 5 heteroatoms. The van der Waals surface area contributed by atoms with Crippen molar-refractivity contribution < 1.29 is 9.18 Å². The number of benzene rings is 1. The van der Waals surface area contributed by atoms with Gasteiger partial charge in [-0.3, -0.25) is 9.48 Å². The van der Waals surface area contributed by atoms with E-state index in [1.807, 2.05) is 20.9 Å². The van der Waals surface area contributed by atoms with Gasteiger partial charge in [-0.1, -0.05) is 22.0 Å². The highest BCUT2D eigenvalue weighted by atomic mass is 79.9. The van der Waals surface area contributed by atoms with Crippen molar-refractivity contribution in [2.75, 3.05) is 0 Å². The summed E-state index contributed by atoms with van der Waals surface area (Å²) >= 11 is 3.28. The second-order valence-corrected chi connectivity index (χ2v) is 5.36. The second-order valence-electron chi connectivity index (χ2n) is 4.51.